The summed E-state index contributed by atoms with van der Waals surface area (Å²) in [6.45, 7) is 9.60. The number of alkyl halides is 1. The lowest BCUT2D eigenvalue weighted by molar-refractivity contribution is -0.244. The second-order valence-corrected chi connectivity index (χ2v) is 20.3. The zero-order valence-electron chi connectivity index (χ0n) is 34.0. The number of carbonyl (C=O) groups is 4. The van der Waals surface area contributed by atoms with Crippen LogP contribution in [0.15, 0.2) is 35.5 Å². The molecule has 3 N–H and O–H groups in total. The zero-order chi connectivity index (χ0) is 40.2. The minimum atomic E-state index is -2.05. The molecule has 8 aliphatic rings. The number of rotatable bonds is 8. The van der Waals surface area contributed by atoms with Crippen LogP contribution in [-0.4, -0.2) is 75.0 Å². The molecule has 15 atom stereocenters. The molecule has 10 heteroatoms. The Morgan fingerprint density at radius 3 is 2.39 bits per heavy atom. The van der Waals surface area contributed by atoms with Crippen LogP contribution in [0.2, 0.25) is 0 Å². The summed E-state index contributed by atoms with van der Waals surface area (Å²) in [7, 11) is 0. The average Bonchev–Trinajstić information content (AvgIpc) is 3.58. The molecule has 0 saturated heterocycles. The number of halogens is 1. The Hall–Kier alpha value is -2.69. The zero-order valence-corrected chi connectivity index (χ0v) is 34.0. The van der Waals surface area contributed by atoms with Crippen molar-refractivity contribution in [2.75, 3.05) is 6.61 Å². The number of hydrogen-bond donors (Lipinski definition) is 3. The summed E-state index contributed by atoms with van der Waals surface area (Å²) < 4.78 is 29.2. The van der Waals surface area contributed by atoms with E-state index < -0.39 is 58.7 Å². The van der Waals surface area contributed by atoms with Crippen molar-refractivity contribution in [1.29, 1.82) is 0 Å². The van der Waals surface area contributed by atoms with Crippen LogP contribution in [0.1, 0.15) is 131 Å². The van der Waals surface area contributed by atoms with Crippen molar-refractivity contribution in [3.05, 3.63) is 35.5 Å². The Morgan fingerprint density at radius 2 is 1.62 bits per heavy atom. The van der Waals surface area contributed by atoms with Crippen LogP contribution in [0, 0.1) is 57.2 Å². The summed E-state index contributed by atoms with van der Waals surface area (Å²) in [4.78, 5) is 50.4. The highest BCUT2D eigenvalue weighted by atomic mass is 19.1. The first-order valence-corrected chi connectivity index (χ1v) is 21.6. The first-order valence-electron chi connectivity index (χ1n) is 21.6. The first-order chi connectivity index (χ1) is 26.3. The van der Waals surface area contributed by atoms with Crippen LogP contribution in [0.4, 0.5) is 4.39 Å². The number of fused-ring (bicyclic) bond motifs is 10. The summed E-state index contributed by atoms with van der Waals surface area (Å²) in [6.07, 6.45) is 12.5. The van der Waals surface area contributed by atoms with E-state index in [4.69, 9.17) is 9.47 Å². The predicted molar refractivity (Wildman–Crippen MR) is 205 cm³/mol. The largest absolute Gasteiger partial charge is 0.463 e. The SMILES string of the molecule is C[C@H]1CC2C3CCC4=CC(=O)C=C[C@]4(C)[C@@]3(F)[C@@H](O)C[C@]2(C)[C@@]1(O)C(O)COC(=O)CCCC(=O)O[C@H]1CCC2C3CCC4=CC(=O)CC[C@]4(C)C3CC[C@@]21C. The molecule has 0 spiro atoms. The van der Waals surface area contributed by atoms with Crippen LogP contribution in [0.25, 0.3) is 0 Å². The fourth-order valence-corrected chi connectivity index (χ4v) is 15.0. The van der Waals surface area contributed by atoms with Gasteiger partial charge in [0.2, 0.25) is 0 Å². The molecule has 0 radical (unpaired) electrons. The topological polar surface area (TPSA) is 147 Å². The number of ether oxygens (including phenoxy) is 2. The van der Waals surface area contributed by atoms with Gasteiger partial charge < -0.3 is 24.8 Å². The molecular formula is C46H63FO9. The maximum atomic E-state index is 17.5. The van der Waals surface area contributed by atoms with Crippen molar-refractivity contribution >= 4 is 23.5 Å². The van der Waals surface area contributed by atoms with Gasteiger partial charge >= 0.3 is 11.9 Å². The monoisotopic (exact) mass is 778 g/mol. The predicted octanol–water partition coefficient (Wildman–Crippen LogP) is 6.85. The molecule has 0 aromatic heterocycles. The van der Waals surface area contributed by atoms with Crippen molar-refractivity contribution in [2.45, 2.75) is 161 Å². The third-order valence-corrected chi connectivity index (χ3v) is 18.1. The van der Waals surface area contributed by atoms with Gasteiger partial charge in [-0.3, -0.25) is 19.2 Å². The number of allylic oxidation sites excluding steroid dienone is 5. The summed E-state index contributed by atoms with van der Waals surface area (Å²) in [5.41, 5.74) is -3.97. The molecule has 0 amide bonds. The van der Waals surface area contributed by atoms with Crippen LogP contribution < -0.4 is 0 Å². The first kappa shape index (κ1) is 40.1. The molecule has 6 fully saturated rings. The van der Waals surface area contributed by atoms with Crippen molar-refractivity contribution < 1.29 is 48.4 Å². The molecule has 308 valence electrons. The lowest BCUT2D eigenvalue weighted by atomic mass is 9.44. The van der Waals surface area contributed by atoms with E-state index in [2.05, 4.69) is 13.8 Å². The van der Waals surface area contributed by atoms with E-state index in [9.17, 15) is 34.5 Å². The molecule has 8 rings (SSSR count). The number of hydrogen-bond acceptors (Lipinski definition) is 9. The Bertz CT molecular complexity index is 1770. The third kappa shape index (κ3) is 5.60. The molecule has 6 saturated carbocycles. The Labute approximate surface area is 330 Å². The van der Waals surface area contributed by atoms with Gasteiger partial charge in [-0.2, -0.15) is 0 Å². The third-order valence-electron chi connectivity index (χ3n) is 18.1. The second kappa shape index (κ2) is 13.7. The molecule has 0 aromatic carbocycles. The highest BCUT2D eigenvalue weighted by molar-refractivity contribution is 6.01. The molecule has 0 bridgehead atoms. The highest BCUT2D eigenvalue weighted by Crippen LogP contribution is 2.71. The Kier molecular flexibility index (Phi) is 9.80. The molecular weight excluding hydrogens is 715 g/mol. The smallest absolute Gasteiger partial charge is 0.306 e. The Balaban J connectivity index is 0.836. The van der Waals surface area contributed by atoms with E-state index in [1.54, 1.807) is 13.0 Å². The number of carbonyl (C=O) groups excluding carboxylic acids is 4. The molecule has 9 nitrogen and oxygen atoms in total. The van der Waals surface area contributed by atoms with Crippen molar-refractivity contribution in [3.8, 4) is 0 Å². The van der Waals surface area contributed by atoms with Crippen LogP contribution >= 0.6 is 0 Å². The van der Waals surface area contributed by atoms with E-state index in [1.165, 1.54) is 17.7 Å². The molecule has 0 heterocycles. The van der Waals surface area contributed by atoms with Crippen molar-refractivity contribution in [3.63, 3.8) is 0 Å². The van der Waals surface area contributed by atoms with E-state index >= 15 is 4.39 Å². The van der Waals surface area contributed by atoms with Crippen LogP contribution in [-0.2, 0) is 28.7 Å². The maximum Gasteiger partial charge on any atom is 0.306 e. The van der Waals surface area contributed by atoms with Crippen LogP contribution in [0.3, 0.4) is 0 Å². The van der Waals surface area contributed by atoms with Gasteiger partial charge in [0.05, 0.1) is 6.10 Å². The number of aliphatic hydroxyl groups excluding tert-OH is 2. The second-order valence-electron chi connectivity index (χ2n) is 20.3. The van der Waals surface area contributed by atoms with E-state index in [-0.39, 0.29) is 66.1 Å². The van der Waals surface area contributed by atoms with Gasteiger partial charge in [-0.15, -0.1) is 0 Å². The van der Waals surface area contributed by atoms with Gasteiger partial charge in [0.15, 0.2) is 17.2 Å². The van der Waals surface area contributed by atoms with E-state index in [1.807, 2.05) is 19.9 Å². The number of ketones is 2. The quantitative estimate of drug-likeness (QED) is 0.225. The standard InChI is InChI=1S/C46H63FO9/c1-26-21-35-34-12-10-28-23-30(49)16-20-43(28,4)45(34,47)36(50)24-44(35,5)46(26,54)37(51)25-55-39(52)7-6-8-40(53)56-38-14-13-32-31-11-9-27-22-29(48)15-18-41(27,2)33(31)17-19-42(32,38)3/h16,20,22-23,26,31-38,50-51,54H,6-15,17-19,21,24-25H2,1-5H3/t26-,31?,32?,33?,34?,35?,36-,37?,38-,41-,42-,43-,44-,45-,46-/m0/s1. The van der Waals surface area contributed by atoms with Gasteiger partial charge in [-0.1, -0.05) is 44.9 Å². The fourth-order valence-electron chi connectivity index (χ4n) is 15.0. The van der Waals surface area contributed by atoms with Crippen LogP contribution in [0.5, 0.6) is 0 Å². The lowest BCUT2D eigenvalue weighted by Crippen LogP contribution is -2.70. The molecule has 56 heavy (non-hydrogen) atoms. The summed E-state index contributed by atoms with van der Waals surface area (Å²) in [5.74, 6) is -0.645. The normalized spacial score (nSPS) is 48.2. The Morgan fingerprint density at radius 1 is 0.893 bits per heavy atom. The van der Waals surface area contributed by atoms with Gasteiger partial charge in [0.25, 0.3) is 0 Å². The van der Waals surface area contributed by atoms with E-state index in [0.717, 1.165) is 44.9 Å². The number of esters is 2. The van der Waals surface area contributed by atoms with Gasteiger partial charge in [-0.05, 0) is 137 Å². The lowest BCUT2D eigenvalue weighted by Gasteiger charge is -2.63. The number of aliphatic hydroxyl groups is 3. The van der Waals surface area contributed by atoms with E-state index in [0.29, 0.717) is 49.0 Å². The summed E-state index contributed by atoms with van der Waals surface area (Å²) in [5, 5.41) is 35.5. The molecule has 8 aliphatic carbocycles. The van der Waals surface area contributed by atoms with Crippen molar-refractivity contribution in [1.82, 2.24) is 0 Å². The molecule has 0 aromatic rings. The van der Waals surface area contributed by atoms with Crippen molar-refractivity contribution in [2.24, 2.45) is 57.2 Å². The summed E-state index contributed by atoms with van der Waals surface area (Å²) >= 11 is 0. The highest BCUT2D eigenvalue weighted by Gasteiger charge is 2.75. The van der Waals surface area contributed by atoms with Gasteiger partial charge in [0.1, 0.15) is 24.4 Å². The average molecular weight is 779 g/mol. The molecule has 6 unspecified atom stereocenters. The van der Waals surface area contributed by atoms with Gasteiger partial charge in [0, 0.05) is 41.4 Å². The minimum Gasteiger partial charge on any atom is -0.463 e. The maximum absolute atomic E-state index is 17.5. The minimum absolute atomic E-state index is 0.0451. The molecule has 0 aliphatic heterocycles. The summed E-state index contributed by atoms with van der Waals surface area (Å²) in [6, 6.07) is 0. The van der Waals surface area contributed by atoms with Gasteiger partial charge in [-0.25, -0.2) is 4.39 Å². The fraction of sp³-hybridized carbons (Fsp3) is 0.783.